The summed E-state index contributed by atoms with van der Waals surface area (Å²) in [4.78, 5) is 20.7. The van der Waals surface area contributed by atoms with E-state index in [-0.39, 0.29) is 10.6 Å². The topological polar surface area (TPSA) is 70.5 Å². The Balaban J connectivity index is 3.04. The average molecular weight is 365 g/mol. The van der Waals surface area contributed by atoms with Crippen LogP contribution in [0.15, 0.2) is 11.2 Å². The molecule has 0 aliphatic carbocycles. The summed E-state index contributed by atoms with van der Waals surface area (Å²) in [6.07, 6.45) is 3.92. The molecule has 1 rings (SSSR count). The molecule has 124 valence electrons. The molecule has 0 saturated carbocycles. The predicted molar refractivity (Wildman–Crippen MR) is 92.2 cm³/mol. The average Bonchev–Trinajstić information content (AvgIpc) is 2.54. The van der Waals surface area contributed by atoms with E-state index >= 15 is 0 Å². The molecular formula is C13H20N2O4S3. The number of thioether (sulfide) groups is 3. The van der Waals surface area contributed by atoms with Crippen LogP contribution in [0.3, 0.4) is 0 Å². The van der Waals surface area contributed by atoms with Gasteiger partial charge in [-0.25, -0.2) is 0 Å². The fourth-order valence-electron chi connectivity index (χ4n) is 1.54. The summed E-state index contributed by atoms with van der Waals surface area (Å²) in [6, 6.07) is 1.59. The normalized spacial score (nSPS) is 12.1. The number of esters is 1. The van der Waals surface area contributed by atoms with Crippen molar-refractivity contribution in [3.63, 3.8) is 0 Å². The molecule has 1 aromatic heterocycles. The molecule has 0 aromatic carbocycles. The third-order valence-electron chi connectivity index (χ3n) is 2.54. The minimum Gasteiger partial charge on any atom is -0.481 e. The van der Waals surface area contributed by atoms with Crippen molar-refractivity contribution in [3.8, 4) is 11.8 Å². The molecule has 0 bridgehead atoms. The summed E-state index contributed by atoms with van der Waals surface area (Å²) >= 11 is 4.44. The van der Waals surface area contributed by atoms with E-state index in [1.165, 1.54) is 26.0 Å². The van der Waals surface area contributed by atoms with Crippen molar-refractivity contribution >= 4 is 41.3 Å². The molecule has 0 amide bonds. The Morgan fingerprint density at radius 3 is 2.14 bits per heavy atom. The molecule has 1 heterocycles. The third-order valence-corrected chi connectivity index (χ3v) is 6.62. The van der Waals surface area contributed by atoms with Gasteiger partial charge in [0, 0.05) is 0 Å². The fraction of sp³-hybridized carbons (Fsp3) is 0.615. The van der Waals surface area contributed by atoms with Crippen LogP contribution in [0, 0.1) is 0 Å². The highest BCUT2D eigenvalue weighted by atomic mass is 32.2. The van der Waals surface area contributed by atoms with Gasteiger partial charge in [-0.1, -0.05) is 11.8 Å². The van der Waals surface area contributed by atoms with Gasteiger partial charge in [0.1, 0.15) is 5.25 Å². The molecule has 0 spiro atoms. The molecule has 6 nitrogen and oxygen atoms in total. The van der Waals surface area contributed by atoms with Crippen LogP contribution in [0.5, 0.6) is 11.8 Å². The zero-order valence-corrected chi connectivity index (χ0v) is 15.6. The lowest BCUT2D eigenvalue weighted by Gasteiger charge is -2.21. The number of hydrogen-bond acceptors (Lipinski definition) is 9. The number of rotatable bonds is 9. The second kappa shape index (κ2) is 10.1. The SMILES string of the molecule is CCOC(=O)C(Sc1nc(OC)cc(OC)n1)C(SC)SC. The lowest BCUT2D eigenvalue weighted by molar-refractivity contribution is -0.142. The van der Waals surface area contributed by atoms with Crippen molar-refractivity contribution in [2.75, 3.05) is 33.3 Å². The molecule has 0 radical (unpaired) electrons. The van der Waals surface area contributed by atoms with Crippen molar-refractivity contribution in [3.05, 3.63) is 6.07 Å². The first-order valence-electron chi connectivity index (χ1n) is 6.45. The molecule has 9 heteroatoms. The van der Waals surface area contributed by atoms with Gasteiger partial charge in [0.2, 0.25) is 11.8 Å². The summed E-state index contributed by atoms with van der Waals surface area (Å²) in [6.45, 7) is 2.13. The van der Waals surface area contributed by atoms with Crippen molar-refractivity contribution in [1.29, 1.82) is 0 Å². The first-order chi connectivity index (χ1) is 10.6. The number of aromatic nitrogens is 2. The van der Waals surface area contributed by atoms with E-state index in [1.807, 2.05) is 12.5 Å². The summed E-state index contributed by atoms with van der Waals surface area (Å²) < 4.78 is 15.5. The van der Waals surface area contributed by atoms with Crippen LogP contribution in [-0.4, -0.2) is 59.1 Å². The molecule has 0 saturated heterocycles. The molecule has 0 fully saturated rings. The highest BCUT2D eigenvalue weighted by Crippen LogP contribution is 2.35. The van der Waals surface area contributed by atoms with Crippen molar-refractivity contribution in [2.45, 2.75) is 21.9 Å². The number of hydrogen-bond donors (Lipinski definition) is 0. The molecule has 22 heavy (non-hydrogen) atoms. The maximum atomic E-state index is 12.2. The van der Waals surface area contributed by atoms with Crippen molar-refractivity contribution in [1.82, 2.24) is 9.97 Å². The van der Waals surface area contributed by atoms with Gasteiger partial charge < -0.3 is 14.2 Å². The van der Waals surface area contributed by atoms with Crippen LogP contribution in [0.2, 0.25) is 0 Å². The molecular weight excluding hydrogens is 344 g/mol. The van der Waals surface area contributed by atoms with Crippen LogP contribution < -0.4 is 9.47 Å². The van der Waals surface area contributed by atoms with Crippen LogP contribution in [0.1, 0.15) is 6.92 Å². The number of nitrogens with zero attached hydrogens (tertiary/aromatic N) is 2. The Morgan fingerprint density at radius 1 is 1.18 bits per heavy atom. The van der Waals surface area contributed by atoms with E-state index < -0.39 is 5.25 Å². The van der Waals surface area contributed by atoms with E-state index in [0.717, 1.165) is 0 Å². The summed E-state index contributed by atoms with van der Waals surface area (Å²) in [7, 11) is 3.04. The van der Waals surface area contributed by atoms with Crippen molar-refractivity contribution < 1.29 is 19.0 Å². The predicted octanol–water partition coefficient (Wildman–Crippen LogP) is 2.57. The largest absolute Gasteiger partial charge is 0.481 e. The molecule has 0 aliphatic rings. The zero-order chi connectivity index (χ0) is 16.5. The van der Waals surface area contributed by atoms with Gasteiger partial charge in [-0.2, -0.15) is 9.97 Å². The highest BCUT2D eigenvalue weighted by molar-refractivity contribution is 8.17. The van der Waals surface area contributed by atoms with Gasteiger partial charge in [-0.3, -0.25) is 4.79 Å². The van der Waals surface area contributed by atoms with Gasteiger partial charge in [0.15, 0.2) is 5.16 Å². The minimum atomic E-state index is -0.415. The smallest absolute Gasteiger partial charge is 0.321 e. The van der Waals surface area contributed by atoms with Gasteiger partial charge in [0.25, 0.3) is 0 Å². The Morgan fingerprint density at radius 2 is 1.73 bits per heavy atom. The number of carbonyl (C=O) groups excluding carboxylic acids is 1. The maximum absolute atomic E-state index is 12.2. The highest BCUT2D eigenvalue weighted by Gasteiger charge is 2.31. The van der Waals surface area contributed by atoms with E-state index in [0.29, 0.717) is 23.5 Å². The van der Waals surface area contributed by atoms with E-state index in [2.05, 4.69) is 9.97 Å². The van der Waals surface area contributed by atoms with E-state index in [9.17, 15) is 4.79 Å². The van der Waals surface area contributed by atoms with Gasteiger partial charge in [-0.05, 0) is 19.4 Å². The molecule has 1 unspecified atom stereocenters. The quantitative estimate of drug-likeness (QED) is 0.284. The number of carbonyl (C=O) groups is 1. The van der Waals surface area contributed by atoms with Crippen LogP contribution in [0.25, 0.3) is 0 Å². The minimum absolute atomic E-state index is 0.0323. The Bertz CT molecular complexity index is 464. The van der Waals surface area contributed by atoms with Crippen LogP contribution in [0.4, 0.5) is 0 Å². The van der Waals surface area contributed by atoms with E-state index in [1.54, 1.807) is 36.5 Å². The van der Waals surface area contributed by atoms with Crippen LogP contribution in [-0.2, 0) is 9.53 Å². The van der Waals surface area contributed by atoms with Crippen LogP contribution >= 0.6 is 35.3 Å². The zero-order valence-electron chi connectivity index (χ0n) is 13.2. The Labute approximate surface area is 143 Å². The van der Waals surface area contributed by atoms with Gasteiger partial charge in [-0.15, -0.1) is 23.5 Å². The Kier molecular flexibility index (Phi) is 8.81. The maximum Gasteiger partial charge on any atom is 0.321 e. The number of ether oxygens (including phenoxy) is 3. The molecule has 1 aromatic rings. The van der Waals surface area contributed by atoms with E-state index in [4.69, 9.17) is 14.2 Å². The Hall–Kier alpha value is -0.800. The van der Waals surface area contributed by atoms with Gasteiger partial charge >= 0.3 is 5.97 Å². The standard InChI is InChI=1S/C13H20N2O4S3/c1-6-19-11(16)10(12(20-4)21-5)22-13-14-8(17-2)7-9(15-13)18-3/h7,10,12H,6H2,1-5H3. The molecule has 0 N–H and O–H groups in total. The first kappa shape index (κ1) is 19.2. The fourth-order valence-corrected chi connectivity index (χ4v) is 4.82. The third kappa shape index (κ3) is 5.44. The molecule has 1 atom stereocenters. The van der Waals surface area contributed by atoms with Gasteiger partial charge in [0.05, 0.1) is 31.5 Å². The lowest BCUT2D eigenvalue weighted by atomic mass is 10.5. The van der Waals surface area contributed by atoms with Crippen molar-refractivity contribution in [2.24, 2.45) is 0 Å². The second-order valence-corrected chi connectivity index (χ2v) is 7.23. The monoisotopic (exact) mass is 364 g/mol. The summed E-state index contributed by atoms with van der Waals surface area (Å²) in [5.41, 5.74) is 0. The molecule has 0 aliphatic heterocycles. The second-order valence-electron chi connectivity index (χ2n) is 3.87. The lowest BCUT2D eigenvalue weighted by Crippen LogP contribution is -2.29. The summed E-state index contributed by atoms with van der Waals surface area (Å²) in [5.74, 6) is 0.509. The first-order valence-corrected chi connectivity index (χ1v) is 9.91. The number of methoxy groups -OCH3 is 2. The summed E-state index contributed by atoms with van der Waals surface area (Å²) in [5, 5.41) is 0.00381.